The topological polar surface area (TPSA) is 73.7 Å². The molecule has 1 unspecified atom stereocenters. The SMILES string of the molecule is CN(C)c1ccc(N2C(=O)C(=O)/C(=C(/O)c3ccc(Br)cc3)C2c2ccncc2)cc1. The van der Waals surface area contributed by atoms with Gasteiger partial charge in [-0.1, -0.05) is 28.1 Å². The lowest BCUT2D eigenvalue weighted by molar-refractivity contribution is -0.132. The number of amides is 1. The van der Waals surface area contributed by atoms with Gasteiger partial charge in [-0.3, -0.25) is 19.5 Å². The zero-order chi connectivity index (χ0) is 22.1. The van der Waals surface area contributed by atoms with Crippen molar-refractivity contribution in [3.63, 3.8) is 0 Å². The molecular formula is C24H20BrN3O3. The van der Waals surface area contributed by atoms with Crippen LogP contribution in [-0.2, 0) is 9.59 Å². The summed E-state index contributed by atoms with van der Waals surface area (Å²) in [5.74, 6) is -1.61. The van der Waals surface area contributed by atoms with E-state index < -0.39 is 17.7 Å². The molecular weight excluding hydrogens is 458 g/mol. The van der Waals surface area contributed by atoms with Gasteiger partial charge in [-0.15, -0.1) is 0 Å². The zero-order valence-corrected chi connectivity index (χ0v) is 18.6. The van der Waals surface area contributed by atoms with Crippen LogP contribution in [0.25, 0.3) is 5.76 Å². The molecule has 0 saturated carbocycles. The number of pyridine rings is 1. The number of aliphatic hydroxyl groups is 1. The molecule has 31 heavy (non-hydrogen) atoms. The average Bonchev–Trinajstić information content (AvgIpc) is 3.05. The van der Waals surface area contributed by atoms with Gasteiger partial charge >= 0.3 is 0 Å². The molecule has 7 heteroatoms. The van der Waals surface area contributed by atoms with E-state index in [1.54, 1.807) is 60.9 Å². The highest BCUT2D eigenvalue weighted by Gasteiger charge is 2.46. The number of rotatable bonds is 4. The van der Waals surface area contributed by atoms with Crippen LogP contribution in [-0.4, -0.2) is 35.9 Å². The van der Waals surface area contributed by atoms with Crippen LogP contribution in [0.1, 0.15) is 17.2 Å². The molecule has 2 aromatic carbocycles. The molecule has 0 spiro atoms. The summed E-state index contributed by atoms with van der Waals surface area (Å²) in [4.78, 5) is 33.6. The van der Waals surface area contributed by atoms with Crippen molar-refractivity contribution in [2.45, 2.75) is 6.04 Å². The Kier molecular flexibility index (Phi) is 5.61. The van der Waals surface area contributed by atoms with Gasteiger partial charge in [-0.25, -0.2) is 0 Å². The number of benzene rings is 2. The van der Waals surface area contributed by atoms with Gasteiger partial charge < -0.3 is 10.0 Å². The summed E-state index contributed by atoms with van der Waals surface area (Å²) in [7, 11) is 3.85. The summed E-state index contributed by atoms with van der Waals surface area (Å²) in [6.45, 7) is 0. The molecule has 0 aliphatic carbocycles. The van der Waals surface area contributed by atoms with Crippen molar-refractivity contribution < 1.29 is 14.7 Å². The number of carbonyl (C=O) groups is 2. The van der Waals surface area contributed by atoms with Crippen molar-refractivity contribution in [2.75, 3.05) is 23.9 Å². The van der Waals surface area contributed by atoms with Crippen LogP contribution in [0.5, 0.6) is 0 Å². The summed E-state index contributed by atoms with van der Waals surface area (Å²) >= 11 is 3.37. The zero-order valence-electron chi connectivity index (χ0n) is 17.0. The van der Waals surface area contributed by atoms with Gasteiger partial charge in [0.1, 0.15) is 5.76 Å². The van der Waals surface area contributed by atoms with Crippen LogP contribution in [0.15, 0.2) is 83.1 Å². The van der Waals surface area contributed by atoms with Crippen LogP contribution < -0.4 is 9.80 Å². The second-order valence-corrected chi connectivity index (χ2v) is 8.28. The first-order valence-electron chi connectivity index (χ1n) is 9.62. The summed E-state index contributed by atoms with van der Waals surface area (Å²) < 4.78 is 0.844. The number of carbonyl (C=O) groups excluding carboxylic acids is 2. The van der Waals surface area contributed by atoms with Crippen molar-refractivity contribution in [1.29, 1.82) is 0 Å². The molecule has 1 aliphatic rings. The number of halogens is 1. The number of ketones is 1. The maximum Gasteiger partial charge on any atom is 0.300 e. The molecule has 0 radical (unpaired) electrons. The normalized spacial score (nSPS) is 17.8. The maximum absolute atomic E-state index is 13.1. The summed E-state index contributed by atoms with van der Waals surface area (Å²) in [6, 6.07) is 17.0. The van der Waals surface area contributed by atoms with Crippen LogP contribution >= 0.6 is 15.9 Å². The highest BCUT2D eigenvalue weighted by molar-refractivity contribution is 9.10. The third-order valence-corrected chi connectivity index (χ3v) is 5.76. The predicted octanol–water partition coefficient (Wildman–Crippen LogP) is 4.54. The number of aliphatic hydroxyl groups excluding tert-OH is 1. The first-order valence-corrected chi connectivity index (χ1v) is 10.4. The smallest absolute Gasteiger partial charge is 0.300 e. The van der Waals surface area contributed by atoms with Crippen LogP contribution in [0.4, 0.5) is 11.4 Å². The fraction of sp³-hybridized carbons (Fsp3) is 0.125. The molecule has 156 valence electrons. The van der Waals surface area contributed by atoms with E-state index in [0.29, 0.717) is 16.8 Å². The molecule has 1 aliphatic heterocycles. The highest BCUT2D eigenvalue weighted by Crippen LogP contribution is 2.42. The van der Waals surface area contributed by atoms with E-state index >= 15 is 0 Å². The maximum atomic E-state index is 13.1. The van der Waals surface area contributed by atoms with Crippen LogP contribution in [0.2, 0.25) is 0 Å². The lowest BCUT2D eigenvalue weighted by Crippen LogP contribution is -2.29. The third kappa shape index (κ3) is 3.84. The Morgan fingerprint density at radius 3 is 2.16 bits per heavy atom. The molecule has 2 heterocycles. The highest BCUT2D eigenvalue weighted by atomic mass is 79.9. The number of nitrogens with zero attached hydrogens (tertiary/aromatic N) is 3. The molecule has 1 amide bonds. The van der Waals surface area contributed by atoms with Gasteiger partial charge in [-0.05, 0) is 54.1 Å². The monoisotopic (exact) mass is 477 g/mol. The van der Waals surface area contributed by atoms with Crippen molar-refractivity contribution in [3.8, 4) is 0 Å². The minimum atomic E-state index is -0.767. The first kappa shape index (κ1) is 20.8. The molecule has 3 aromatic rings. The summed E-state index contributed by atoms with van der Waals surface area (Å²) in [6.07, 6.45) is 3.20. The molecule has 1 N–H and O–H groups in total. The van der Waals surface area contributed by atoms with E-state index in [4.69, 9.17) is 0 Å². The molecule has 1 aromatic heterocycles. The number of aromatic nitrogens is 1. The minimum absolute atomic E-state index is 0.0511. The third-order valence-electron chi connectivity index (χ3n) is 5.23. The molecule has 0 bridgehead atoms. The van der Waals surface area contributed by atoms with Gasteiger partial charge in [0.05, 0.1) is 11.6 Å². The fourth-order valence-corrected chi connectivity index (χ4v) is 3.90. The van der Waals surface area contributed by atoms with Crippen LogP contribution in [0.3, 0.4) is 0 Å². The Bertz CT molecular complexity index is 1160. The number of hydrogen-bond donors (Lipinski definition) is 1. The van der Waals surface area contributed by atoms with Crippen molar-refractivity contribution in [2.24, 2.45) is 0 Å². The van der Waals surface area contributed by atoms with Crippen LogP contribution in [0, 0.1) is 0 Å². The molecule has 4 rings (SSSR count). The Labute approximate surface area is 188 Å². The Balaban J connectivity index is 1.89. The predicted molar refractivity (Wildman–Crippen MR) is 124 cm³/mol. The largest absolute Gasteiger partial charge is 0.507 e. The number of Topliss-reactive ketones (excluding diaryl/α,β-unsaturated/α-hetero) is 1. The van der Waals surface area contributed by atoms with Crippen molar-refractivity contribution in [1.82, 2.24) is 4.98 Å². The molecule has 1 fully saturated rings. The standard InChI is InChI=1S/C24H20BrN3O3/c1-27(2)18-7-9-19(10-8-18)28-21(15-11-13-26-14-12-15)20(23(30)24(28)31)22(29)16-3-5-17(25)6-4-16/h3-14,21,29H,1-2H3/b22-20+. The van der Waals surface area contributed by atoms with E-state index in [1.165, 1.54) is 4.90 Å². The Morgan fingerprint density at radius 1 is 0.968 bits per heavy atom. The minimum Gasteiger partial charge on any atom is -0.507 e. The average molecular weight is 478 g/mol. The lowest BCUT2D eigenvalue weighted by atomic mass is 9.96. The summed E-state index contributed by atoms with van der Waals surface area (Å²) in [5, 5.41) is 11.1. The molecule has 1 atom stereocenters. The lowest BCUT2D eigenvalue weighted by Gasteiger charge is -2.26. The van der Waals surface area contributed by atoms with Gasteiger partial charge in [0, 0.05) is 47.9 Å². The first-order chi connectivity index (χ1) is 14.9. The Morgan fingerprint density at radius 2 is 1.58 bits per heavy atom. The van der Waals surface area contributed by atoms with Gasteiger partial charge in [0.15, 0.2) is 0 Å². The molecule has 1 saturated heterocycles. The van der Waals surface area contributed by atoms with E-state index in [2.05, 4.69) is 20.9 Å². The van der Waals surface area contributed by atoms with Gasteiger partial charge in [0.2, 0.25) is 0 Å². The fourth-order valence-electron chi connectivity index (χ4n) is 3.63. The van der Waals surface area contributed by atoms with Gasteiger partial charge in [0.25, 0.3) is 11.7 Å². The van der Waals surface area contributed by atoms with Gasteiger partial charge in [-0.2, -0.15) is 0 Å². The number of anilines is 2. The quantitative estimate of drug-likeness (QED) is 0.339. The van der Waals surface area contributed by atoms with E-state index in [-0.39, 0.29) is 11.3 Å². The summed E-state index contributed by atoms with van der Waals surface area (Å²) in [5.41, 5.74) is 2.74. The second kappa shape index (κ2) is 8.35. The van der Waals surface area contributed by atoms with Crippen molar-refractivity contribution in [3.05, 3.63) is 94.2 Å². The second-order valence-electron chi connectivity index (χ2n) is 7.37. The van der Waals surface area contributed by atoms with E-state index in [1.807, 2.05) is 31.1 Å². The molecule has 6 nitrogen and oxygen atoms in total. The number of hydrogen-bond acceptors (Lipinski definition) is 5. The van der Waals surface area contributed by atoms with E-state index in [9.17, 15) is 14.7 Å². The Hall–Kier alpha value is -3.45. The van der Waals surface area contributed by atoms with Crippen molar-refractivity contribution >= 4 is 44.8 Å². The van der Waals surface area contributed by atoms with E-state index in [0.717, 1.165) is 10.2 Å².